The first-order chi connectivity index (χ1) is 12.0. The number of hydrogen-bond acceptors (Lipinski definition) is 3. The molecule has 3 rings (SSSR count). The first kappa shape index (κ1) is 17.2. The molecule has 3 nitrogen and oxygen atoms in total. The normalized spacial score (nSPS) is 10.7. The molecule has 0 radical (unpaired) electrons. The van der Waals surface area contributed by atoms with E-state index in [2.05, 4.69) is 17.2 Å². The van der Waals surface area contributed by atoms with Crippen molar-refractivity contribution in [3.05, 3.63) is 70.6 Å². The second-order valence-corrected chi connectivity index (χ2v) is 6.42. The second kappa shape index (κ2) is 7.53. The van der Waals surface area contributed by atoms with Crippen LogP contribution in [0.2, 0.25) is 0 Å². The van der Waals surface area contributed by atoms with Crippen molar-refractivity contribution in [3.63, 3.8) is 0 Å². The third-order valence-corrected chi connectivity index (χ3v) is 4.51. The fraction of sp³-hybridized carbons (Fsp3) is 0.158. The molecule has 2 aromatic carbocycles. The first-order valence-corrected chi connectivity index (χ1v) is 8.71. The minimum Gasteiger partial charge on any atom is -0.302 e. The van der Waals surface area contributed by atoms with Gasteiger partial charge in [-0.15, -0.1) is 11.3 Å². The largest absolute Gasteiger partial charge is 0.302 e. The first-order valence-electron chi connectivity index (χ1n) is 7.83. The van der Waals surface area contributed by atoms with Crippen LogP contribution in [0.3, 0.4) is 0 Å². The van der Waals surface area contributed by atoms with Gasteiger partial charge < -0.3 is 5.32 Å². The maximum absolute atomic E-state index is 13.8. The zero-order valence-electron chi connectivity index (χ0n) is 13.6. The van der Waals surface area contributed by atoms with Gasteiger partial charge in [0.25, 0.3) is 0 Å². The molecule has 0 bridgehead atoms. The van der Waals surface area contributed by atoms with Gasteiger partial charge in [-0.2, -0.15) is 0 Å². The molecule has 1 N–H and O–H groups in total. The fourth-order valence-electron chi connectivity index (χ4n) is 2.39. The highest BCUT2D eigenvalue weighted by atomic mass is 32.1. The monoisotopic (exact) mass is 358 g/mol. The summed E-state index contributed by atoms with van der Waals surface area (Å²) in [6.07, 6.45) is 1.19. The number of benzene rings is 2. The van der Waals surface area contributed by atoms with Gasteiger partial charge in [-0.3, -0.25) is 4.79 Å². The van der Waals surface area contributed by atoms with Crippen LogP contribution in [-0.4, -0.2) is 10.9 Å². The Kier molecular flexibility index (Phi) is 5.19. The van der Waals surface area contributed by atoms with E-state index < -0.39 is 11.6 Å². The number of thiazole rings is 1. The molecule has 1 amide bonds. The number of hydrogen-bond donors (Lipinski definition) is 1. The molecule has 1 aromatic heterocycles. The molecule has 128 valence electrons. The Hall–Kier alpha value is -2.60. The van der Waals surface area contributed by atoms with Crippen LogP contribution in [0.5, 0.6) is 0 Å². The predicted molar refractivity (Wildman–Crippen MR) is 95.6 cm³/mol. The molecule has 0 unspecified atom stereocenters. The fourth-order valence-corrected chi connectivity index (χ4v) is 3.12. The quantitative estimate of drug-likeness (QED) is 0.710. The molecule has 0 saturated heterocycles. The Morgan fingerprint density at radius 3 is 2.52 bits per heavy atom. The topological polar surface area (TPSA) is 42.0 Å². The van der Waals surface area contributed by atoms with Crippen LogP contribution in [0.15, 0.2) is 47.8 Å². The molecular weight excluding hydrogens is 342 g/mol. The van der Waals surface area contributed by atoms with E-state index in [9.17, 15) is 13.6 Å². The molecule has 0 saturated carbocycles. The summed E-state index contributed by atoms with van der Waals surface area (Å²) in [5.41, 5.74) is 2.70. The Morgan fingerprint density at radius 2 is 1.84 bits per heavy atom. The van der Waals surface area contributed by atoms with E-state index >= 15 is 0 Å². The summed E-state index contributed by atoms with van der Waals surface area (Å²) in [6.45, 7) is 2.08. The number of rotatable bonds is 5. The van der Waals surface area contributed by atoms with Crippen LogP contribution in [0.4, 0.5) is 13.9 Å². The number of aromatic nitrogens is 1. The summed E-state index contributed by atoms with van der Waals surface area (Å²) in [6, 6.07) is 11.2. The summed E-state index contributed by atoms with van der Waals surface area (Å²) in [5.74, 6) is -1.51. The van der Waals surface area contributed by atoms with Gasteiger partial charge in [0.15, 0.2) is 5.13 Å². The second-order valence-electron chi connectivity index (χ2n) is 5.56. The molecule has 0 spiro atoms. The van der Waals surface area contributed by atoms with Gasteiger partial charge in [0.1, 0.15) is 11.6 Å². The van der Waals surface area contributed by atoms with E-state index in [0.29, 0.717) is 10.8 Å². The minimum absolute atomic E-state index is 0.190. The van der Waals surface area contributed by atoms with E-state index in [1.807, 2.05) is 24.3 Å². The maximum atomic E-state index is 13.8. The lowest BCUT2D eigenvalue weighted by Gasteiger charge is -2.03. The van der Waals surface area contributed by atoms with E-state index in [4.69, 9.17) is 0 Å². The molecule has 25 heavy (non-hydrogen) atoms. The lowest BCUT2D eigenvalue weighted by Crippen LogP contribution is -2.14. The molecule has 3 aromatic rings. The Balaban J connectivity index is 1.67. The van der Waals surface area contributed by atoms with Crippen molar-refractivity contribution in [3.8, 4) is 11.3 Å². The SMILES string of the molecule is CCc1ccc(CC(=O)Nc2nc(-c3ccc(F)cc3F)cs2)cc1. The third-order valence-electron chi connectivity index (χ3n) is 3.75. The summed E-state index contributed by atoms with van der Waals surface area (Å²) >= 11 is 1.20. The molecule has 0 aliphatic carbocycles. The highest BCUT2D eigenvalue weighted by molar-refractivity contribution is 7.14. The van der Waals surface area contributed by atoms with Gasteiger partial charge in [-0.25, -0.2) is 13.8 Å². The Morgan fingerprint density at radius 1 is 1.12 bits per heavy atom. The highest BCUT2D eigenvalue weighted by Gasteiger charge is 2.12. The van der Waals surface area contributed by atoms with Gasteiger partial charge >= 0.3 is 0 Å². The zero-order valence-corrected chi connectivity index (χ0v) is 14.4. The van der Waals surface area contributed by atoms with Gasteiger partial charge in [-0.1, -0.05) is 31.2 Å². The number of carbonyl (C=O) groups is 1. The van der Waals surface area contributed by atoms with Crippen molar-refractivity contribution < 1.29 is 13.6 Å². The van der Waals surface area contributed by atoms with Crippen LogP contribution in [0.1, 0.15) is 18.1 Å². The summed E-state index contributed by atoms with van der Waals surface area (Å²) < 4.78 is 26.8. The molecule has 0 atom stereocenters. The number of aryl methyl sites for hydroxylation is 1. The Labute approximate surface area is 148 Å². The van der Waals surface area contributed by atoms with E-state index in [1.54, 1.807) is 5.38 Å². The van der Waals surface area contributed by atoms with Crippen molar-refractivity contribution in [1.82, 2.24) is 4.98 Å². The van der Waals surface area contributed by atoms with Crippen LogP contribution in [-0.2, 0) is 17.6 Å². The van der Waals surface area contributed by atoms with Crippen LogP contribution < -0.4 is 5.32 Å². The number of nitrogens with one attached hydrogen (secondary N) is 1. The maximum Gasteiger partial charge on any atom is 0.230 e. The lowest BCUT2D eigenvalue weighted by molar-refractivity contribution is -0.115. The predicted octanol–water partition coefficient (Wildman–Crippen LogP) is 4.83. The van der Waals surface area contributed by atoms with E-state index in [1.165, 1.54) is 29.0 Å². The smallest absolute Gasteiger partial charge is 0.230 e. The van der Waals surface area contributed by atoms with Crippen molar-refractivity contribution >= 4 is 22.4 Å². The van der Waals surface area contributed by atoms with Crippen molar-refractivity contribution in [2.24, 2.45) is 0 Å². The molecule has 0 aliphatic rings. The molecular formula is C19H16F2N2OS. The third kappa shape index (κ3) is 4.28. The minimum atomic E-state index is -0.681. The molecule has 0 fully saturated rings. The van der Waals surface area contributed by atoms with Crippen LogP contribution >= 0.6 is 11.3 Å². The number of carbonyl (C=O) groups excluding carboxylic acids is 1. The van der Waals surface area contributed by atoms with Gasteiger partial charge in [0.2, 0.25) is 5.91 Å². The van der Waals surface area contributed by atoms with Crippen molar-refractivity contribution in [1.29, 1.82) is 0 Å². The van der Waals surface area contributed by atoms with Crippen LogP contribution in [0, 0.1) is 11.6 Å². The molecule has 1 heterocycles. The van der Waals surface area contributed by atoms with Gasteiger partial charge in [0.05, 0.1) is 12.1 Å². The van der Waals surface area contributed by atoms with E-state index in [0.717, 1.165) is 18.1 Å². The molecule has 0 aliphatic heterocycles. The average molecular weight is 358 g/mol. The summed E-state index contributed by atoms with van der Waals surface area (Å²) in [7, 11) is 0. The molecule has 6 heteroatoms. The van der Waals surface area contributed by atoms with Gasteiger partial charge in [0, 0.05) is 17.0 Å². The Bertz CT molecular complexity index is 891. The number of anilines is 1. The average Bonchev–Trinajstić information content (AvgIpc) is 3.03. The number of nitrogens with zero attached hydrogens (tertiary/aromatic N) is 1. The van der Waals surface area contributed by atoms with Gasteiger partial charge in [-0.05, 0) is 29.7 Å². The zero-order chi connectivity index (χ0) is 17.8. The summed E-state index contributed by atoms with van der Waals surface area (Å²) in [5, 5.41) is 4.72. The van der Waals surface area contributed by atoms with Crippen molar-refractivity contribution in [2.45, 2.75) is 19.8 Å². The number of halogens is 2. The number of amides is 1. The van der Waals surface area contributed by atoms with E-state index in [-0.39, 0.29) is 17.9 Å². The highest BCUT2D eigenvalue weighted by Crippen LogP contribution is 2.27. The van der Waals surface area contributed by atoms with Crippen LogP contribution in [0.25, 0.3) is 11.3 Å². The summed E-state index contributed by atoms with van der Waals surface area (Å²) in [4.78, 5) is 16.3. The lowest BCUT2D eigenvalue weighted by atomic mass is 10.1. The van der Waals surface area contributed by atoms with Crippen molar-refractivity contribution in [2.75, 3.05) is 5.32 Å². The standard InChI is InChI=1S/C19H16F2N2OS/c1-2-12-3-5-13(6-4-12)9-18(24)23-19-22-17(11-25-19)15-8-7-14(20)10-16(15)21/h3-8,10-11H,2,9H2,1H3,(H,22,23,24).